The van der Waals surface area contributed by atoms with Crippen LogP contribution in [-0.2, 0) is 0 Å². The second kappa shape index (κ2) is 8.01. The van der Waals surface area contributed by atoms with Gasteiger partial charge in [-0.1, -0.05) is 15.9 Å². The molecule has 2 aromatic carbocycles. The Labute approximate surface area is 163 Å². The molecule has 0 bridgehead atoms. The fourth-order valence-electron chi connectivity index (χ4n) is 2.71. The van der Waals surface area contributed by atoms with Crippen LogP contribution in [0.4, 0.5) is 5.69 Å². The molecule has 0 saturated carbocycles. The zero-order valence-corrected chi connectivity index (χ0v) is 16.5. The van der Waals surface area contributed by atoms with Crippen molar-refractivity contribution >= 4 is 49.7 Å². The molecule has 130 valence electrons. The fraction of sp³-hybridized carbons (Fsp3) is 0.222. The first-order valence-electron chi connectivity index (χ1n) is 7.91. The average molecular weight is 467 g/mol. The first kappa shape index (κ1) is 17.9. The van der Waals surface area contributed by atoms with Gasteiger partial charge in [-0.3, -0.25) is 4.79 Å². The first-order chi connectivity index (χ1) is 12.0. The van der Waals surface area contributed by atoms with Crippen LogP contribution in [0.5, 0.6) is 5.75 Å². The minimum absolute atomic E-state index is 0.0659. The van der Waals surface area contributed by atoms with Crippen molar-refractivity contribution in [2.75, 3.05) is 18.0 Å². The summed E-state index contributed by atoms with van der Waals surface area (Å²) in [6.45, 7) is 2.14. The van der Waals surface area contributed by atoms with Crippen LogP contribution in [0.25, 0.3) is 0 Å². The van der Waals surface area contributed by atoms with E-state index in [1.165, 1.54) is 19.1 Å². The van der Waals surface area contributed by atoms with Crippen molar-refractivity contribution in [3.8, 4) is 5.75 Å². The van der Waals surface area contributed by atoms with Crippen molar-refractivity contribution < 1.29 is 9.90 Å². The van der Waals surface area contributed by atoms with E-state index in [4.69, 9.17) is 0 Å². The maximum atomic E-state index is 12.2. The van der Waals surface area contributed by atoms with Gasteiger partial charge in [-0.15, -0.1) is 0 Å². The number of carbonyl (C=O) groups is 1. The third-order valence-corrected chi connectivity index (χ3v) is 5.09. The summed E-state index contributed by atoms with van der Waals surface area (Å²) in [7, 11) is 0. The standard InChI is InChI=1S/C18H17Br2N3O2/c19-14-9-13(17(24)16(20)10-14)11-21-22-18(25)12-3-5-15(6-4-12)23-7-1-2-8-23/h3-6,9-11,24H,1-2,7-8H2,(H,22,25)/b21-11-. The molecule has 3 rings (SSSR count). The van der Waals surface area contributed by atoms with Gasteiger partial charge in [0.15, 0.2) is 0 Å². The minimum Gasteiger partial charge on any atom is -0.506 e. The summed E-state index contributed by atoms with van der Waals surface area (Å²) < 4.78 is 1.34. The van der Waals surface area contributed by atoms with Gasteiger partial charge in [-0.25, -0.2) is 5.43 Å². The van der Waals surface area contributed by atoms with Crippen LogP contribution in [0.3, 0.4) is 0 Å². The van der Waals surface area contributed by atoms with E-state index in [2.05, 4.69) is 47.3 Å². The van der Waals surface area contributed by atoms with Gasteiger partial charge in [0.25, 0.3) is 5.91 Å². The normalized spacial score (nSPS) is 14.2. The largest absolute Gasteiger partial charge is 0.506 e. The average Bonchev–Trinajstić information content (AvgIpc) is 3.13. The SMILES string of the molecule is O=C(N/N=C\c1cc(Br)cc(Br)c1O)c1ccc(N2CCCC2)cc1. The molecule has 0 aromatic heterocycles. The van der Waals surface area contributed by atoms with E-state index in [1.54, 1.807) is 24.3 Å². The van der Waals surface area contributed by atoms with E-state index in [9.17, 15) is 9.90 Å². The Bertz CT molecular complexity index is 801. The Balaban J connectivity index is 1.64. The maximum absolute atomic E-state index is 12.2. The van der Waals surface area contributed by atoms with Crippen LogP contribution < -0.4 is 10.3 Å². The lowest BCUT2D eigenvalue weighted by Crippen LogP contribution is -2.19. The number of nitrogens with one attached hydrogen (secondary N) is 1. The van der Waals surface area contributed by atoms with E-state index in [-0.39, 0.29) is 11.7 Å². The Morgan fingerprint density at radius 3 is 2.52 bits per heavy atom. The second-order valence-electron chi connectivity index (χ2n) is 5.77. The number of nitrogens with zero attached hydrogens (tertiary/aromatic N) is 2. The topological polar surface area (TPSA) is 64.9 Å². The number of halogens is 2. The molecule has 0 radical (unpaired) electrons. The summed E-state index contributed by atoms with van der Waals surface area (Å²) in [5.74, 6) is -0.228. The van der Waals surface area contributed by atoms with Gasteiger partial charge in [-0.05, 0) is 65.2 Å². The number of carbonyl (C=O) groups excluding carboxylic acids is 1. The van der Waals surface area contributed by atoms with Crippen molar-refractivity contribution in [2.24, 2.45) is 5.10 Å². The number of benzene rings is 2. The highest BCUT2D eigenvalue weighted by Gasteiger charge is 2.13. The molecule has 1 saturated heterocycles. The van der Waals surface area contributed by atoms with Crippen molar-refractivity contribution in [1.82, 2.24) is 5.43 Å². The van der Waals surface area contributed by atoms with Gasteiger partial charge < -0.3 is 10.0 Å². The lowest BCUT2D eigenvalue weighted by molar-refractivity contribution is 0.0955. The molecule has 1 aliphatic rings. The van der Waals surface area contributed by atoms with E-state index < -0.39 is 0 Å². The Morgan fingerprint density at radius 1 is 1.16 bits per heavy atom. The molecule has 1 aliphatic heterocycles. The van der Waals surface area contributed by atoms with Crippen LogP contribution >= 0.6 is 31.9 Å². The highest BCUT2D eigenvalue weighted by molar-refractivity contribution is 9.11. The first-order valence-corrected chi connectivity index (χ1v) is 9.49. The smallest absolute Gasteiger partial charge is 0.271 e. The summed E-state index contributed by atoms with van der Waals surface area (Å²) in [5, 5.41) is 13.9. The summed E-state index contributed by atoms with van der Waals surface area (Å²) in [6, 6.07) is 11.0. The molecule has 1 heterocycles. The van der Waals surface area contributed by atoms with Crippen LogP contribution in [0.1, 0.15) is 28.8 Å². The van der Waals surface area contributed by atoms with Crippen molar-refractivity contribution in [1.29, 1.82) is 0 Å². The molecule has 25 heavy (non-hydrogen) atoms. The number of phenolic OH excluding ortho intramolecular Hbond substituents is 1. The van der Waals surface area contributed by atoms with E-state index in [1.807, 2.05) is 12.1 Å². The quantitative estimate of drug-likeness (QED) is 0.522. The number of hydrogen-bond donors (Lipinski definition) is 2. The third-order valence-electron chi connectivity index (χ3n) is 4.03. The highest BCUT2D eigenvalue weighted by Crippen LogP contribution is 2.30. The van der Waals surface area contributed by atoms with Gasteiger partial charge in [0.05, 0.1) is 10.7 Å². The molecular weight excluding hydrogens is 450 g/mol. The van der Waals surface area contributed by atoms with Gasteiger partial charge in [0.1, 0.15) is 5.75 Å². The van der Waals surface area contributed by atoms with Crippen molar-refractivity contribution in [3.05, 3.63) is 56.5 Å². The zero-order chi connectivity index (χ0) is 17.8. The van der Waals surface area contributed by atoms with E-state index in [0.717, 1.165) is 23.2 Å². The molecule has 0 aliphatic carbocycles. The summed E-state index contributed by atoms with van der Waals surface area (Å²) in [6.07, 6.45) is 3.84. The van der Waals surface area contributed by atoms with Gasteiger partial charge in [0.2, 0.25) is 0 Å². The number of anilines is 1. The van der Waals surface area contributed by atoms with Crippen LogP contribution in [-0.4, -0.2) is 30.3 Å². The second-order valence-corrected chi connectivity index (χ2v) is 7.54. The summed E-state index contributed by atoms with van der Waals surface area (Å²) >= 11 is 6.60. The number of hydrazone groups is 1. The number of amides is 1. The Morgan fingerprint density at radius 2 is 1.84 bits per heavy atom. The number of rotatable bonds is 4. The molecule has 5 nitrogen and oxygen atoms in total. The molecule has 1 fully saturated rings. The molecule has 2 N–H and O–H groups in total. The van der Waals surface area contributed by atoms with Crippen LogP contribution in [0.15, 0.2) is 50.4 Å². The van der Waals surface area contributed by atoms with Gasteiger partial charge >= 0.3 is 0 Å². The van der Waals surface area contributed by atoms with Crippen LogP contribution in [0, 0.1) is 0 Å². The predicted octanol–water partition coefficient (Wildman–Crippen LogP) is 4.28. The van der Waals surface area contributed by atoms with Crippen LogP contribution in [0.2, 0.25) is 0 Å². The molecule has 0 atom stereocenters. The molecule has 7 heteroatoms. The summed E-state index contributed by atoms with van der Waals surface area (Å²) in [5.41, 5.74) is 4.65. The predicted molar refractivity (Wildman–Crippen MR) is 106 cm³/mol. The number of aromatic hydroxyl groups is 1. The highest BCUT2D eigenvalue weighted by atomic mass is 79.9. The Hall–Kier alpha value is -1.86. The minimum atomic E-state index is -0.294. The maximum Gasteiger partial charge on any atom is 0.271 e. The number of hydrogen-bond acceptors (Lipinski definition) is 4. The van der Waals surface area contributed by atoms with Crippen molar-refractivity contribution in [2.45, 2.75) is 12.8 Å². The summed E-state index contributed by atoms with van der Waals surface area (Å²) in [4.78, 5) is 14.5. The Kier molecular flexibility index (Phi) is 5.75. The number of phenols is 1. The molecular formula is C18H17Br2N3O2. The molecule has 0 spiro atoms. The molecule has 0 unspecified atom stereocenters. The molecule has 1 amide bonds. The third kappa shape index (κ3) is 4.41. The zero-order valence-electron chi connectivity index (χ0n) is 13.4. The monoisotopic (exact) mass is 465 g/mol. The van der Waals surface area contributed by atoms with Gasteiger partial charge in [0, 0.05) is 34.4 Å². The fourth-order valence-corrected chi connectivity index (χ4v) is 3.97. The lowest BCUT2D eigenvalue weighted by atomic mass is 10.2. The van der Waals surface area contributed by atoms with E-state index >= 15 is 0 Å². The van der Waals surface area contributed by atoms with E-state index in [0.29, 0.717) is 15.6 Å². The van der Waals surface area contributed by atoms with Crippen molar-refractivity contribution in [3.63, 3.8) is 0 Å². The lowest BCUT2D eigenvalue weighted by Gasteiger charge is -2.17. The molecule has 2 aromatic rings. The van der Waals surface area contributed by atoms with Gasteiger partial charge in [-0.2, -0.15) is 5.10 Å².